The molecule has 0 aromatic heterocycles. The Hall–Kier alpha value is 0.962. The Morgan fingerprint density at radius 2 is 2.00 bits per heavy atom. The van der Waals surface area contributed by atoms with Crippen molar-refractivity contribution in [3.8, 4) is 0 Å². The molecule has 1 rings (SSSR count). The first-order valence-electron chi connectivity index (χ1n) is 1.18. The van der Waals surface area contributed by atoms with Crippen molar-refractivity contribution in [3.63, 3.8) is 0 Å². The van der Waals surface area contributed by atoms with Gasteiger partial charge in [0.15, 0.2) is 0 Å². The summed E-state index contributed by atoms with van der Waals surface area (Å²) in [4.78, 5) is 1.54. The molecule has 0 aromatic carbocycles. The molecule has 0 unspecified atom stereocenters. The topological polar surface area (TPSA) is 0 Å². The molecule has 1 aliphatic rings. The van der Waals surface area contributed by atoms with E-state index < -0.39 is 0 Å². The predicted molar refractivity (Wildman–Crippen MR) is 16.6 cm³/mol. The number of rotatable bonds is 0. The first kappa shape index (κ1) is 3.16. The molecule has 1 heterocycles. The van der Waals surface area contributed by atoms with E-state index in [1.165, 1.54) is 11.1 Å². The van der Waals surface area contributed by atoms with Crippen LogP contribution in [0.2, 0.25) is 4.89 Å². The third kappa shape index (κ3) is 0.463. The summed E-state index contributed by atoms with van der Waals surface area (Å²) < 4.78 is 0. The van der Waals surface area contributed by atoms with E-state index in [0.29, 0.717) is 0 Å². The van der Waals surface area contributed by atoms with Gasteiger partial charge in [-0.1, -0.05) is 0 Å². The van der Waals surface area contributed by atoms with Crippen LogP contribution in [0.5, 0.6) is 0 Å². The molecule has 0 N–H and O–H groups in total. The Labute approximate surface area is 34.8 Å². The summed E-state index contributed by atoms with van der Waals surface area (Å²) in [6.07, 6.45) is 3.22. The molecule has 4 heavy (non-hydrogen) atoms. The average molecular weight is 165 g/mol. The molecule has 0 spiro atoms. The van der Waals surface area contributed by atoms with Gasteiger partial charge in [-0.15, -0.1) is 0 Å². The standard InChI is InChI=1S/C2H4P.Pd/c1-2-3;/h1-2H2;. The van der Waals surface area contributed by atoms with Crippen LogP contribution in [0.25, 0.3) is 0 Å². The zero-order valence-electron chi connectivity index (χ0n) is 2.18. The van der Waals surface area contributed by atoms with E-state index >= 15 is 0 Å². The Morgan fingerprint density at radius 3 is 2.00 bits per heavy atom. The Morgan fingerprint density at radius 1 is 1.75 bits per heavy atom. The average Bonchev–Trinajstić information content (AvgIpc) is 0.722. The van der Waals surface area contributed by atoms with Gasteiger partial charge in [0, 0.05) is 0 Å². The van der Waals surface area contributed by atoms with E-state index in [0.717, 1.165) is 17.0 Å². The molecule has 27 valence electrons. The Kier molecular flexibility index (Phi) is 1.12. The van der Waals surface area contributed by atoms with Crippen LogP contribution in [0.15, 0.2) is 0 Å². The van der Waals surface area contributed by atoms with Crippen molar-refractivity contribution in [1.29, 1.82) is 0 Å². The monoisotopic (exact) mass is 165 g/mol. The van der Waals surface area contributed by atoms with Crippen molar-refractivity contribution in [2.75, 3.05) is 6.16 Å². The SMILES string of the molecule is C1[CH2][Pd]=[P]1. The van der Waals surface area contributed by atoms with E-state index in [4.69, 9.17) is 0 Å². The summed E-state index contributed by atoms with van der Waals surface area (Å²) in [6.45, 7) is 0. The molecule has 1 aliphatic heterocycles. The van der Waals surface area contributed by atoms with Crippen LogP contribution in [-0.2, 0) is 17.0 Å². The summed E-state index contributed by atoms with van der Waals surface area (Å²) in [5, 5.41) is 0. The maximum absolute atomic E-state index is 1.73. The molecule has 2 heteroatoms. The van der Waals surface area contributed by atoms with Crippen LogP contribution in [0.1, 0.15) is 0 Å². The van der Waals surface area contributed by atoms with Crippen molar-refractivity contribution in [2.24, 2.45) is 0 Å². The van der Waals surface area contributed by atoms with Gasteiger partial charge >= 0.3 is 34.4 Å². The summed E-state index contributed by atoms with van der Waals surface area (Å²) in [5.41, 5.74) is 0. The minimum atomic E-state index is 1.15. The number of hydrogen-bond donors (Lipinski definition) is 0. The van der Waals surface area contributed by atoms with Gasteiger partial charge in [-0.3, -0.25) is 0 Å². The van der Waals surface area contributed by atoms with Gasteiger partial charge in [0.1, 0.15) is 0 Å². The van der Waals surface area contributed by atoms with E-state index in [9.17, 15) is 0 Å². The summed E-state index contributed by atoms with van der Waals surface area (Å²) in [5.74, 6) is 0. The molecular weight excluding hydrogens is 161 g/mol. The fourth-order valence-electron chi connectivity index (χ4n) is 0.0707. The first-order valence-corrected chi connectivity index (χ1v) is 5.28. The van der Waals surface area contributed by atoms with E-state index in [1.54, 1.807) is 6.31 Å². The zero-order chi connectivity index (χ0) is 2.83. The third-order valence-corrected chi connectivity index (χ3v) is 5.02. The van der Waals surface area contributed by atoms with E-state index in [-0.39, 0.29) is 0 Å². The molecule has 0 aromatic rings. The molecule has 0 amide bonds. The molecule has 0 nitrogen and oxygen atoms in total. The van der Waals surface area contributed by atoms with E-state index in [1.807, 2.05) is 0 Å². The van der Waals surface area contributed by atoms with Crippen LogP contribution < -0.4 is 0 Å². The molecular formula is C2H4PPd. The van der Waals surface area contributed by atoms with Gasteiger partial charge in [0.05, 0.1) is 0 Å². The first-order chi connectivity index (χ1) is 2.00. The molecule has 0 saturated carbocycles. The third-order valence-electron chi connectivity index (χ3n) is 0.283. The molecule has 0 saturated heterocycles. The second kappa shape index (κ2) is 1.41. The summed E-state index contributed by atoms with van der Waals surface area (Å²) in [6, 6.07) is 0. The fourth-order valence-corrected chi connectivity index (χ4v) is 1.25. The van der Waals surface area contributed by atoms with Crippen molar-refractivity contribution >= 4 is 6.31 Å². The zero-order valence-corrected chi connectivity index (χ0v) is 4.63. The van der Waals surface area contributed by atoms with Crippen LogP contribution >= 0.6 is 6.31 Å². The van der Waals surface area contributed by atoms with Gasteiger partial charge in [0.2, 0.25) is 0 Å². The Bertz CT molecular complexity index is 35.3. The molecule has 0 radical (unpaired) electrons. The van der Waals surface area contributed by atoms with Gasteiger partial charge in [-0.2, -0.15) is 0 Å². The normalized spacial score (nSPS) is 28.0. The van der Waals surface area contributed by atoms with Gasteiger partial charge in [-0.05, 0) is 0 Å². The van der Waals surface area contributed by atoms with Crippen molar-refractivity contribution in [3.05, 3.63) is 0 Å². The van der Waals surface area contributed by atoms with Crippen molar-refractivity contribution < 1.29 is 17.0 Å². The summed E-state index contributed by atoms with van der Waals surface area (Å²) >= 11 is 1.15. The molecule has 0 bridgehead atoms. The van der Waals surface area contributed by atoms with E-state index in [2.05, 4.69) is 0 Å². The van der Waals surface area contributed by atoms with Crippen LogP contribution in [-0.4, -0.2) is 6.16 Å². The van der Waals surface area contributed by atoms with Crippen molar-refractivity contribution in [2.45, 2.75) is 4.89 Å². The molecule has 0 aliphatic carbocycles. The van der Waals surface area contributed by atoms with Crippen LogP contribution in [0, 0.1) is 0 Å². The Balaban J connectivity index is 2.47. The second-order valence-corrected chi connectivity index (χ2v) is 5.16. The minimum absolute atomic E-state index is 1.15. The predicted octanol–water partition coefficient (Wildman–Crippen LogP) is 1.36. The second-order valence-electron chi connectivity index (χ2n) is 0.582. The quantitative estimate of drug-likeness (QED) is 0.376. The molecule has 0 atom stereocenters. The number of hydrogen-bond acceptors (Lipinski definition) is 0. The van der Waals surface area contributed by atoms with Crippen LogP contribution in [0.3, 0.4) is 0 Å². The molecule has 0 fully saturated rings. The van der Waals surface area contributed by atoms with Gasteiger partial charge in [-0.25, -0.2) is 0 Å². The van der Waals surface area contributed by atoms with Crippen LogP contribution in [0.4, 0.5) is 0 Å². The fraction of sp³-hybridized carbons (Fsp3) is 1.00. The maximum atomic E-state index is 1.73. The summed E-state index contributed by atoms with van der Waals surface area (Å²) in [7, 11) is 0. The van der Waals surface area contributed by atoms with Gasteiger partial charge in [0.25, 0.3) is 0 Å². The van der Waals surface area contributed by atoms with Crippen molar-refractivity contribution in [1.82, 2.24) is 0 Å². The van der Waals surface area contributed by atoms with Gasteiger partial charge < -0.3 is 0 Å².